The normalized spacial score (nSPS) is 45.9. The minimum absolute atomic E-state index is 0.171. The Morgan fingerprint density at radius 3 is 1.95 bits per heavy atom. The SMILES string of the molecule is C=C1[C@@H](O)C[C@H](OC(C)=O)[C@@]2(C)[C@@H](OC(C)=O)[C@H](OC(C)=O)[C@]3(O)[C@@]4(C)CO[C@]3(C)C(=O)C[C@H]4[C@@H](OC(C)=O)[C@H]12. The molecule has 0 aromatic heterocycles. The fraction of sp³-hybridized carbons (Fsp3) is 0.750. The van der Waals surface area contributed by atoms with Crippen LogP contribution in [-0.2, 0) is 47.7 Å². The van der Waals surface area contributed by atoms with Gasteiger partial charge in [0, 0.05) is 57.8 Å². The highest BCUT2D eigenvalue weighted by atomic mass is 16.6. The van der Waals surface area contributed by atoms with Crippen molar-refractivity contribution in [2.45, 2.75) is 103 Å². The molecule has 1 heterocycles. The highest BCUT2D eigenvalue weighted by Gasteiger charge is 2.82. The standard InChI is InChI=1S/C28H38O12/c1-12-18(33)10-20(37-13(2)29)26(7)21(12)22(38-14(3)30)17-9-19(34)27(8)28(35,25(17,6)11-36-27)24(40-16(5)32)23(26)39-15(4)31/h17-18,20-24,33,35H,1,9-11H2,2-8H3/t17-,18-,20-,21-,22+,23-,24-,25-,26+,27+,28-/m0/s1. The summed E-state index contributed by atoms with van der Waals surface area (Å²) in [5, 5.41) is 23.9. The fourth-order valence-electron chi connectivity index (χ4n) is 7.97. The Kier molecular flexibility index (Phi) is 7.25. The average molecular weight is 567 g/mol. The third-order valence-electron chi connectivity index (χ3n) is 9.86. The zero-order valence-electron chi connectivity index (χ0n) is 23.8. The zero-order valence-corrected chi connectivity index (χ0v) is 23.8. The van der Waals surface area contributed by atoms with Crippen molar-refractivity contribution in [3.8, 4) is 0 Å². The molecule has 0 unspecified atom stereocenters. The number of Topliss-reactive ketones (excluding diaryl/α,β-unsaturated/α-hetero) is 1. The summed E-state index contributed by atoms with van der Waals surface area (Å²) < 4.78 is 29.3. The van der Waals surface area contributed by atoms with Crippen molar-refractivity contribution in [3.63, 3.8) is 0 Å². The maximum atomic E-state index is 13.8. The van der Waals surface area contributed by atoms with Crippen molar-refractivity contribution in [3.05, 3.63) is 12.2 Å². The summed E-state index contributed by atoms with van der Waals surface area (Å²) >= 11 is 0. The van der Waals surface area contributed by atoms with Crippen LogP contribution in [-0.4, -0.2) is 88.2 Å². The lowest BCUT2D eigenvalue weighted by molar-refractivity contribution is -0.295. The molecule has 1 saturated heterocycles. The monoisotopic (exact) mass is 566 g/mol. The van der Waals surface area contributed by atoms with Crippen LogP contribution < -0.4 is 0 Å². The van der Waals surface area contributed by atoms with Gasteiger partial charge in [-0.05, 0) is 12.5 Å². The van der Waals surface area contributed by atoms with E-state index in [0.29, 0.717) is 0 Å². The molecule has 4 rings (SSSR count). The Labute approximate surface area is 232 Å². The molecule has 40 heavy (non-hydrogen) atoms. The predicted octanol–water partition coefficient (Wildman–Crippen LogP) is 0.785. The maximum Gasteiger partial charge on any atom is 0.303 e. The second-order valence-electron chi connectivity index (χ2n) is 12.1. The molecule has 11 atom stereocenters. The van der Waals surface area contributed by atoms with E-state index in [1.54, 1.807) is 13.8 Å². The summed E-state index contributed by atoms with van der Waals surface area (Å²) in [6.45, 7) is 13.1. The topological polar surface area (TPSA) is 172 Å². The quantitative estimate of drug-likeness (QED) is 0.279. The van der Waals surface area contributed by atoms with E-state index < -0.39 is 94.0 Å². The first-order chi connectivity index (χ1) is 18.4. The van der Waals surface area contributed by atoms with Crippen molar-refractivity contribution < 1.29 is 57.9 Å². The van der Waals surface area contributed by atoms with Crippen molar-refractivity contribution in [1.82, 2.24) is 0 Å². The van der Waals surface area contributed by atoms with Crippen LogP contribution in [0.4, 0.5) is 0 Å². The number of fused-ring (bicyclic) bond motifs is 1. The second-order valence-corrected chi connectivity index (χ2v) is 12.1. The lowest BCUT2D eigenvalue weighted by atomic mass is 9.44. The minimum atomic E-state index is -2.30. The molecule has 0 spiro atoms. The highest BCUT2D eigenvalue weighted by molar-refractivity contribution is 5.91. The number of aliphatic hydroxyl groups is 2. The summed E-state index contributed by atoms with van der Waals surface area (Å²) in [6.07, 6.45) is -7.28. The molecule has 3 saturated carbocycles. The van der Waals surface area contributed by atoms with E-state index in [-0.39, 0.29) is 25.0 Å². The third-order valence-corrected chi connectivity index (χ3v) is 9.86. The van der Waals surface area contributed by atoms with Gasteiger partial charge in [0.1, 0.15) is 17.8 Å². The van der Waals surface area contributed by atoms with Gasteiger partial charge in [0.2, 0.25) is 0 Å². The van der Waals surface area contributed by atoms with Crippen LogP contribution in [0.15, 0.2) is 12.2 Å². The summed E-state index contributed by atoms with van der Waals surface area (Å²) in [6, 6.07) is 0. The second kappa shape index (κ2) is 9.63. The molecule has 3 aliphatic carbocycles. The van der Waals surface area contributed by atoms with Gasteiger partial charge in [0.05, 0.1) is 18.1 Å². The number of carbonyl (C=O) groups excluding carboxylic acids is 5. The largest absolute Gasteiger partial charge is 0.462 e. The predicted molar refractivity (Wildman–Crippen MR) is 134 cm³/mol. The van der Waals surface area contributed by atoms with Crippen LogP contribution in [0.2, 0.25) is 0 Å². The van der Waals surface area contributed by atoms with Crippen molar-refractivity contribution >= 4 is 29.7 Å². The smallest absolute Gasteiger partial charge is 0.303 e. The van der Waals surface area contributed by atoms with Crippen molar-refractivity contribution in [1.29, 1.82) is 0 Å². The van der Waals surface area contributed by atoms with Gasteiger partial charge < -0.3 is 33.9 Å². The number of ether oxygens (including phenoxy) is 5. The summed E-state index contributed by atoms with van der Waals surface area (Å²) in [7, 11) is 0. The Balaban J connectivity index is 2.15. The van der Waals surface area contributed by atoms with Crippen LogP contribution in [0.1, 0.15) is 61.3 Å². The van der Waals surface area contributed by atoms with Gasteiger partial charge in [0.25, 0.3) is 0 Å². The molecule has 4 aliphatic rings. The Hall–Kier alpha value is -2.83. The lowest BCUT2D eigenvalue weighted by Crippen LogP contribution is -2.80. The molecule has 12 nitrogen and oxygen atoms in total. The molecule has 0 amide bonds. The molecule has 0 aromatic carbocycles. The van der Waals surface area contributed by atoms with E-state index in [4.69, 9.17) is 23.7 Å². The number of hydrogen-bond donors (Lipinski definition) is 2. The maximum absolute atomic E-state index is 13.8. The van der Waals surface area contributed by atoms with Gasteiger partial charge in [0.15, 0.2) is 23.6 Å². The number of aliphatic hydroxyl groups excluding tert-OH is 1. The molecule has 0 radical (unpaired) electrons. The number of esters is 4. The summed E-state index contributed by atoms with van der Waals surface area (Å²) in [5.74, 6) is -5.63. The molecule has 0 aromatic rings. The first-order valence-corrected chi connectivity index (χ1v) is 13.3. The number of rotatable bonds is 4. The summed E-state index contributed by atoms with van der Waals surface area (Å²) in [4.78, 5) is 63.9. The zero-order chi connectivity index (χ0) is 30.2. The first kappa shape index (κ1) is 30.1. The molecular formula is C28H38O12. The van der Waals surface area contributed by atoms with Crippen molar-refractivity contribution in [2.75, 3.05) is 6.61 Å². The fourth-order valence-corrected chi connectivity index (χ4v) is 7.97. The van der Waals surface area contributed by atoms with Crippen molar-refractivity contribution in [2.24, 2.45) is 22.7 Å². The van der Waals surface area contributed by atoms with Crippen LogP contribution in [0, 0.1) is 22.7 Å². The number of carbonyl (C=O) groups is 5. The summed E-state index contributed by atoms with van der Waals surface area (Å²) in [5.41, 5.74) is -6.99. The average Bonchev–Trinajstić information content (AvgIpc) is 2.96. The molecule has 4 bridgehead atoms. The third kappa shape index (κ3) is 3.93. The van der Waals surface area contributed by atoms with E-state index in [9.17, 15) is 34.2 Å². The van der Waals surface area contributed by atoms with Crippen LogP contribution in [0.25, 0.3) is 0 Å². The highest BCUT2D eigenvalue weighted by Crippen LogP contribution is 2.67. The molecule has 2 N–H and O–H groups in total. The van der Waals surface area contributed by atoms with Gasteiger partial charge in [-0.15, -0.1) is 0 Å². The Morgan fingerprint density at radius 1 is 0.900 bits per heavy atom. The lowest BCUT2D eigenvalue weighted by Gasteiger charge is -2.64. The molecule has 4 fully saturated rings. The van der Waals surface area contributed by atoms with E-state index >= 15 is 0 Å². The van der Waals surface area contributed by atoms with Gasteiger partial charge in [-0.2, -0.15) is 0 Å². The number of hydrogen-bond acceptors (Lipinski definition) is 12. The Bertz CT molecular complexity index is 1160. The van der Waals surface area contributed by atoms with Crippen LogP contribution >= 0.6 is 0 Å². The minimum Gasteiger partial charge on any atom is -0.462 e. The van der Waals surface area contributed by atoms with Gasteiger partial charge in [-0.25, -0.2) is 0 Å². The number of ketones is 1. The first-order valence-electron chi connectivity index (χ1n) is 13.3. The molecule has 1 aliphatic heterocycles. The van der Waals surface area contributed by atoms with Gasteiger partial charge >= 0.3 is 23.9 Å². The Morgan fingerprint density at radius 2 is 1.43 bits per heavy atom. The molecular weight excluding hydrogens is 528 g/mol. The molecule has 12 heteroatoms. The van der Waals surface area contributed by atoms with E-state index in [1.807, 2.05) is 0 Å². The van der Waals surface area contributed by atoms with Crippen LogP contribution in [0.5, 0.6) is 0 Å². The van der Waals surface area contributed by atoms with Gasteiger partial charge in [-0.3, -0.25) is 24.0 Å². The van der Waals surface area contributed by atoms with Crippen LogP contribution in [0.3, 0.4) is 0 Å². The van der Waals surface area contributed by atoms with Gasteiger partial charge in [-0.1, -0.05) is 20.4 Å². The van der Waals surface area contributed by atoms with E-state index in [1.165, 1.54) is 20.8 Å². The van der Waals surface area contributed by atoms with E-state index in [0.717, 1.165) is 13.8 Å². The van der Waals surface area contributed by atoms with E-state index in [2.05, 4.69) is 6.58 Å². The molecule has 222 valence electrons.